The lowest BCUT2D eigenvalue weighted by atomic mass is 10.4. The number of nitrogens with one attached hydrogen (secondary N) is 1. The van der Waals surface area contributed by atoms with Crippen molar-refractivity contribution >= 4 is 5.91 Å². The largest absolute Gasteiger partial charge is 0.350 e. The Morgan fingerprint density at radius 3 is 2.79 bits per heavy atom. The zero-order valence-electron chi connectivity index (χ0n) is 8.95. The van der Waals surface area contributed by atoms with Gasteiger partial charge in [-0.1, -0.05) is 20.8 Å². The monoisotopic (exact) mass is 197 g/mol. The smallest absolute Gasteiger partial charge is 0.220 e. The predicted molar refractivity (Wildman–Crippen MR) is 57.6 cm³/mol. The molecule has 0 aliphatic carbocycles. The van der Waals surface area contributed by atoms with Gasteiger partial charge in [-0.15, -0.1) is 0 Å². The number of rotatable bonds is 3. The maximum absolute atomic E-state index is 10.8. The van der Waals surface area contributed by atoms with Gasteiger partial charge in [0.2, 0.25) is 5.91 Å². The highest BCUT2D eigenvalue weighted by Crippen LogP contribution is 1.89. The first-order valence-corrected chi connectivity index (χ1v) is 4.84. The molecule has 0 saturated heterocycles. The molecule has 0 aliphatic heterocycles. The summed E-state index contributed by atoms with van der Waals surface area (Å²) < 4.78 is 0. The van der Waals surface area contributed by atoms with Crippen LogP contribution in [0.1, 0.15) is 34.3 Å². The maximum Gasteiger partial charge on any atom is 0.220 e. The quantitative estimate of drug-likeness (QED) is 0.803. The summed E-state index contributed by atoms with van der Waals surface area (Å²) in [4.78, 5) is 18.6. The fourth-order valence-electron chi connectivity index (χ4n) is 0.737. The molecule has 0 bridgehead atoms. The number of carbonyl (C=O) groups is 1. The van der Waals surface area contributed by atoms with Crippen LogP contribution in [0.3, 0.4) is 0 Å². The van der Waals surface area contributed by atoms with Crippen molar-refractivity contribution in [1.29, 1.82) is 0 Å². The van der Waals surface area contributed by atoms with Gasteiger partial charge >= 0.3 is 0 Å². The van der Waals surface area contributed by atoms with Gasteiger partial charge < -0.3 is 5.32 Å². The average molecular weight is 197 g/mol. The highest BCUT2D eigenvalue weighted by atomic mass is 16.1. The Bertz CT molecular complexity index is 254. The van der Waals surface area contributed by atoms with E-state index in [-0.39, 0.29) is 7.33 Å². The second-order valence-corrected chi connectivity index (χ2v) is 2.33. The van der Waals surface area contributed by atoms with Crippen molar-refractivity contribution in [2.75, 3.05) is 0 Å². The van der Waals surface area contributed by atoms with Gasteiger partial charge in [0.1, 0.15) is 6.33 Å². The van der Waals surface area contributed by atoms with Crippen LogP contribution in [0.2, 0.25) is 0 Å². The van der Waals surface area contributed by atoms with E-state index in [0.29, 0.717) is 13.0 Å². The topological polar surface area (TPSA) is 54.9 Å². The van der Waals surface area contributed by atoms with Crippen LogP contribution in [0, 0.1) is 0 Å². The SMILES string of the molecule is CC.CCC(=O)NCc1ccncn1.[HH]. The number of hydrogen-bond acceptors (Lipinski definition) is 3. The van der Waals surface area contributed by atoms with E-state index in [2.05, 4.69) is 15.3 Å². The fraction of sp³-hybridized carbons (Fsp3) is 0.500. The van der Waals surface area contributed by atoms with Crippen LogP contribution in [0.15, 0.2) is 18.6 Å². The first-order chi connectivity index (χ1) is 6.83. The second-order valence-electron chi connectivity index (χ2n) is 2.33. The minimum absolute atomic E-state index is 0. The van der Waals surface area contributed by atoms with Gasteiger partial charge in [0, 0.05) is 14.0 Å². The van der Waals surface area contributed by atoms with Crippen molar-refractivity contribution in [3.8, 4) is 0 Å². The molecule has 0 spiro atoms. The summed E-state index contributed by atoms with van der Waals surface area (Å²) in [6.45, 7) is 6.30. The Morgan fingerprint density at radius 2 is 2.29 bits per heavy atom. The van der Waals surface area contributed by atoms with Crippen LogP contribution in [0.5, 0.6) is 0 Å². The summed E-state index contributed by atoms with van der Waals surface area (Å²) in [5.41, 5.74) is 0.826. The van der Waals surface area contributed by atoms with E-state index < -0.39 is 0 Å². The minimum Gasteiger partial charge on any atom is -0.350 e. The lowest BCUT2D eigenvalue weighted by Gasteiger charge is -2.00. The Balaban J connectivity index is 0. The summed E-state index contributed by atoms with van der Waals surface area (Å²) in [6.07, 6.45) is 3.62. The van der Waals surface area contributed by atoms with Crippen molar-refractivity contribution in [3.05, 3.63) is 24.3 Å². The van der Waals surface area contributed by atoms with Gasteiger partial charge in [-0.25, -0.2) is 9.97 Å². The molecule has 0 atom stereocenters. The molecule has 1 heterocycles. The third-order valence-corrected chi connectivity index (χ3v) is 1.43. The highest BCUT2D eigenvalue weighted by molar-refractivity contribution is 5.75. The van der Waals surface area contributed by atoms with Gasteiger partial charge in [0.25, 0.3) is 0 Å². The van der Waals surface area contributed by atoms with E-state index in [1.54, 1.807) is 12.3 Å². The van der Waals surface area contributed by atoms with Crippen molar-refractivity contribution in [1.82, 2.24) is 15.3 Å². The van der Waals surface area contributed by atoms with Crippen LogP contribution in [-0.4, -0.2) is 15.9 Å². The van der Waals surface area contributed by atoms with Crippen molar-refractivity contribution in [2.24, 2.45) is 0 Å². The Kier molecular flexibility index (Phi) is 7.32. The molecule has 0 saturated carbocycles. The third-order valence-electron chi connectivity index (χ3n) is 1.43. The Hall–Kier alpha value is -1.45. The number of carbonyl (C=O) groups excluding carboxylic acids is 1. The van der Waals surface area contributed by atoms with E-state index in [1.165, 1.54) is 6.33 Å². The van der Waals surface area contributed by atoms with E-state index >= 15 is 0 Å². The van der Waals surface area contributed by atoms with E-state index in [4.69, 9.17) is 0 Å². The average Bonchev–Trinajstić information content (AvgIpc) is 2.30. The predicted octanol–water partition coefficient (Wildman–Crippen LogP) is 1.77. The van der Waals surface area contributed by atoms with E-state index in [9.17, 15) is 4.79 Å². The van der Waals surface area contributed by atoms with Gasteiger partial charge in [0.05, 0.1) is 12.2 Å². The van der Waals surface area contributed by atoms with Gasteiger partial charge in [-0.3, -0.25) is 4.79 Å². The molecule has 14 heavy (non-hydrogen) atoms. The Labute approximate surface area is 86.3 Å². The maximum atomic E-state index is 10.8. The number of amides is 1. The molecule has 1 amide bonds. The van der Waals surface area contributed by atoms with Crippen LogP contribution in [0.4, 0.5) is 0 Å². The summed E-state index contributed by atoms with van der Waals surface area (Å²) in [5.74, 6) is 0.0358. The van der Waals surface area contributed by atoms with Crippen LogP contribution in [0.25, 0.3) is 0 Å². The third kappa shape index (κ3) is 5.24. The van der Waals surface area contributed by atoms with Gasteiger partial charge in [0.15, 0.2) is 0 Å². The van der Waals surface area contributed by atoms with Crippen molar-refractivity contribution in [2.45, 2.75) is 33.7 Å². The summed E-state index contributed by atoms with van der Waals surface area (Å²) in [5, 5.41) is 2.72. The van der Waals surface area contributed by atoms with E-state index in [0.717, 1.165) is 5.69 Å². The summed E-state index contributed by atoms with van der Waals surface area (Å²) >= 11 is 0. The first kappa shape index (κ1) is 12.6. The van der Waals surface area contributed by atoms with Crippen molar-refractivity contribution < 1.29 is 6.22 Å². The van der Waals surface area contributed by atoms with Gasteiger partial charge in [-0.2, -0.15) is 0 Å². The molecule has 1 rings (SSSR count). The summed E-state index contributed by atoms with van der Waals surface area (Å²) in [7, 11) is 0. The standard InChI is InChI=1S/C8H11N3O.C2H6.H2/c1-2-8(12)10-5-7-3-4-9-6-11-7;1-2;/h3-4,6H,2,5H2,1H3,(H,10,12);1-2H3;1H. The Morgan fingerprint density at radius 1 is 1.57 bits per heavy atom. The molecule has 1 N–H and O–H groups in total. The molecule has 80 valence electrons. The van der Waals surface area contributed by atoms with Crippen molar-refractivity contribution in [3.63, 3.8) is 0 Å². The molecule has 0 aliphatic rings. The molecule has 1 aromatic rings. The second kappa shape index (κ2) is 8.16. The zero-order chi connectivity index (χ0) is 10.8. The van der Waals surface area contributed by atoms with Gasteiger partial charge in [-0.05, 0) is 6.07 Å². The van der Waals surface area contributed by atoms with Crippen LogP contribution >= 0.6 is 0 Å². The zero-order valence-corrected chi connectivity index (χ0v) is 8.95. The molecule has 0 unspecified atom stereocenters. The van der Waals surface area contributed by atoms with Crippen LogP contribution < -0.4 is 5.32 Å². The molecule has 4 nitrogen and oxygen atoms in total. The molecular weight excluding hydrogens is 178 g/mol. The highest BCUT2D eigenvalue weighted by Gasteiger charge is 1.96. The van der Waals surface area contributed by atoms with Crippen LogP contribution in [-0.2, 0) is 11.3 Å². The number of hydrogen-bond donors (Lipinski definition) is 1. The molecular formula is C10H19N3O. The molecule has 0 radical (unpaired) electrons. The fourth-order valence-corrected chi connectivity index (χ4v) is 0.737. The number of aromatic nitrogens is 2. The normalized spacial score (nSPS) is 8.50. The molecule has 1 aromatic heterocycles. The lowest BCUT2D eigenvalue weighted by Crippen LogP contribution is -2.21. The molecule has 0 fully saturated rings. The number of nitrogens with zero attached hydrogens (tertiary/aromatic N) is 2. The molecule has 0 aromatic carbocycles. The summed E-state index contributed by atoms with van der Waals surface area (Å²) in [6, 6.07) is 1.77. The van der Waals surface area contributed by atoms with E-state index in [1.807, 2.05) is 20.8 Å². The first-order valence-electron chi connectivity index (χ1n) is 4.84. The lowest BCUT2D eigenvalue weighted by molar-refractivity contribution is -0.120. The molecule has 4 heteroatoms. The minimum atomic E-state index is 0.